The monoisotopic (exact) mass is 303 g/mol. The Labute approximate surface area is 128 Å². The molecule has 0 spiro atoms. The largest absolute Gasteiger partial charge is 0.379 e. The highest BCUT2D eigenvalue weighted by Crippen LogP contribution is 1.88. The summed E-state index contributed by atoms with van der Waals surface area (Å²) in [5.41, 5.74) is 5.38. The number of unbranched alkanes of at least 4 members (excludes halogenated alkanes) is 1. The summed E-state index contributed by atoms with van der Waals surface area (Å²) in [5.74, 6) is 2.39. The number of ether oxygens (including phenoxy) is 5. The molecule has 0 fully saturated rings. The van der Waals surface area contributed by atoms with Gasteiger partial charge in [-0.25, -0.2) is 0 Å². The molecule has 0 amide bonds. The maximum absolute atomic E-state index is 5.38. The van der Waals surface area contributed by atoms with Crippen LogP contribution in [0.25, 0.3) is 0 Å². The third-order valence-electron chi connectivity index (χ3n) is 2.42. The Morgan fingerprint density at radius 1 is 0.619 bits per heavy atom. The summed E-state index contributed by atoms with van der Waals surface area (Å²) in [6.45, 7) is 6.27. The van der Waals surface area contributed by atoms with Gasteiger partial charge in [-0.3, -0.25) is 0 Å². The molecule has 2 N–H and O–H groups in total. The van der Waals surface area contributed by atoms with Gasteiger partial charge in [0.1, 0.15) is 6.61 Å². The van der Waals surface area contributed by atoms with E-state index in [0.717, 1.165) is 26.0 Å². The fraction of sp³-hybridized carbons (Fsp3) is 0.867. The molecule has 0 atom stereocenters. The van der Waals surface area contributed by atoms with E-state index >= 15 is 0 Å². The van der Waals surface area contributed by atoms with Gasteiger partial charge in [0.25, 0.3) is 0 Å². The number of nitrogens with two attached hydrogens (primary N) is 1. The van der Waals surface area contributed by atoms with Crippen LogP contribution in [0.15, 0.2) is 0 Å². The van der Waals surface area contributed by atoms with E-state index in [2.05, 4.69) is 5.92 Å². The molecule has 21 heavy (non-hydrogen) atoms. The average Bonchev–Trinajstić information content (AvgIpc) is 2.50. The third kappa shape index (κ3) is 19.3. The Kier molecular flexibility index (Phi) is 18.7. The fourth-order valence-electron chi connectivity index (χ4n) is 1.36. The van der Waals surface area contributed by atoms with E-state index in [1.807, 2.05) is 0 Å². The van der Waals surface area contributed by atoms with Crippen molar-refractivity contribution in [3.05, 3.63) is 0 Å². The van der Waals surface area contributed by atoms with Crippen LogP contribution in [0.4, 0.5) is 0 Å². The predicted octanol–water partition coefficient (Wildman–Crippen LogP) is 0.442. The molecule has 6 nitrogen and oxygen atoms in total. The molecule has 0 aliphatic carbocycles. The molecule has 124 valence electrons. The van der Waals surface area contributed by atoms with Crippen molar-refractivity contribution in [2.24, 2.45) is 5.73 Å². The van der Waals surface area contributed by atoms with Gasteiger partial charge in [0.2, 0.25) is 0 Å². The summed E-state index contributed by atoms with van der Waals surface area (Å²) in [7, 11) is 0. The molecule has 6 heteroatoms. The molecular formula is C15H29NO5. The minimum absolute atomic E-state index is 0.327. The number of terminal acetylenes is 1. The molecule has 0 aromatic carbocycles. The minimum atomic E-state index is 0.327. The molecule has 0 aliphatic rings. The lowest BCUT2D eigenvalue weighted by Gasteiger charge is -2.07. The molecule has 0 bridgehead atoms. The highest BCUT2D eigenvalue weighted by atomic mass is 16.6. The smallest absolute Gasteiger partial charge is 0.107 e. The van der Waals surface area contributed by atoms with Crippen molar-refractivity contribution in [3.63, 3.8) is 0 Å². The van der Waals surface area contributed by atoms with E-state index in [0.29, 0.717) is 59.5 Å². The summed E-state index contributed by atoms with van der Waals surface area (Å²) in [6, 6.07) is 0. The van der Waals surface area contributed by atoms with Gasteiger partial charge in [-0.2, -0.15) is 0 Å². The molecule has 0 radical (unpaired) electrons. The SMILES string of the molecule is C#CCOCCOCCOCCOCCOCCCCN. The zero-order valence-corrected chi connectivity index (χ0v) is 12.9. The van der Waals surface area contributed by atoms with E-state index in [4.69, 9.17) is 35.8 Å². The van der Waals surface area contributed by atoms with E-state index in [1.165, 1.54) is 0 Å². The van der Waals surface area contributed by atoms with Crippen LogP contribution in [0.3, 0.4) is 0 Å². The molecule has 0 unspecified atom stereocenters. The topological polar surface area (TPSA) is 72.2 Å². The van der Waals surface area contributed by atoms with Crippen molar-refractivity contribution >= 4 is 0 Å². The molecule has 0 aromatic heterocycles. The van der Waals surface area contributed by atoms with Crippen molar-refractivity contribution in [2.75, 3.05) is 72.6 Å². The normalized spacial score (nSPS) is 10.7. The van der Waals surface area contributed by atoms with Crippen LogP contribution in [0.5, 0.6) is 0 Å². The minimum Gasteiger partial charge on any atom is -0.379 e. The molecule has 0 aliphatic heterocycles. The second-order valence-electron chi connectivity index (χ2n) is 4.20. The molecule has 0 saturated heterocycles. The summed E-state index contributed by atoms with van der Waals surface area (Å²) < 4.78 is 26.4. The Morgan fingerprint density at radius 2 is 1.05 bits per heavy atom. The van der Waals surface area contributed by atoms with E-state index in [-0.39, 0.29) is 0 Å². The quantitative estimate of drug-likeness (QED) is 0.310. The first-order chi connectivity index (χ1) is 10.4. The second-order valence-corrected chi connectivity index (χ2v) is 4.20. The van der Waals surface area contributed by atoms with Crippen molar-refractivity contribution in [2.45, 2.75) is 12.8 Å². The van der Waals surface area contributed by atoms with E-state index in [9.17, 15) is 0 Å². The lowest BCUT2D eigenvalue weighted by molar-refractivity contribution is -0.00931. The Morgan fingerprint density at radius 3 is 1.48 bits per heavy atom. The Balaban J connectivity index is 2.92. The molecular weight excluding hydrogens is 274 g/mol. The highest BCUT2D eigenvalue weighted by molar-refractivity contribution is 4.82. The third-order valence-corrected chi connectivity index (χ3v) is 2.42. The van der Waals surface area contributed by atoms with Crippen LogP contribution in [-0.2, 0) is 23.7 Å². The van der Waals surface area contributed by atoms with E-state index in [1.54, 1.807) is 0 Å². The van der Waals surface area contributed by atoms with Gasteiger partial charge in [-0.15, -0.1) is 6.42 Å². The van der Waals surface area contributed by atoms with Crippen molar-refractivity contribution < 1.29 is 23.7 Å². The zero-order chi connectivity index (χ0) is 15.4. The standard InChI is InChI=1S/C15H29NO5/c1-2-6-17-8-10-19-12-14-21-15-13-20-11-9-18-7-4-3-5-16/h1H,3-16H2. The Bertz CT molecular complexity index is 233. The Hall–Kier alpha value is -0.680. The highest BCUT2D eigenvalue weighted by Gasteiger charge is 1.93. The van der Waals surface area contributed by atoms with Crippen molar-refractivity contribution in [1.82, 2.24) is 0 Å². The van der Waals surface area contributed by atoms with Gasteiger partial charge in [0.05, 0.1) is 52.9 Å². The molecule has 0 aromatic rings. The summed E-state index contributed by atoms with van der Waals surface area (Å²) in [6.07, 6.45) is 7.05. The second kappa shape index (κ2) is 19.3. The van der Waals surface area contributed by atoms with Gasteiger partial charge >= 0.3 is 0 Å². The summed E-state index contributed by atoms with van der Waals surface area (Å²) in [4.78, 5) is 0. The van der Waals surface area contributed by atoms with Crippen molar-refractivity contribution in [3.8, 4) is 12.3 Å². The lowest BCUT2D eigenvalue weighted by Crippen LogP contribution is -2.13. The number of rotatable bonds is 17. The van der Waals surface area contributed by atoms with Crippen LogP contribution in [0.1, 0.15) is 12.8 Å². The van der Waals surface area contributed by atoms with Crippen LogP contribution < -0.4 is 5.73 Å². The van der Waals surface area contributed by atoms with Crippen LogP contribution in [0.2, 0.25) is 0 Å². The van der Waals surface area contributed by atoms with Crippen LogP contribution in [-0.4, -0.2) is 72.6 Å². The molecule has 0 rings (SSSR count). The van der Waals surface area contributed by atoms with Crippen molar-refractivity contribution in [1.29, 1.82) is 0 Å². The first-order valence-corrected chi connectivity index (χ1v) is 7.44. The number of hydrogen-bond acceptors (Lipinski definition) is 6. The fourth-order valence-corrected chi connectivity index (χ4v) is 1.36. The maximum Gasteiger partial charge on any atom is 0.107 e. The average molecular weight is 303 g/mol. The van der Waals surface area contributed by atoms with Gasteiger partial charge in [-0.05, 0) is 19.4 Å². The van der Waals surface area contributed by atoms with Crippen LogP contribution in [0, 0.1) is 12.3 Å². The van der Waals surface area contributed by atoms with Gasteiger partial charge in [-0.1, -0.05) is 5.92 Å². The van der Waals surface area contributed by atoms with E-state index < -0.39 is 0 Å². The molecule has 0 saturated carbocycles. The van der Waals surface area contributed by atoms with Gasteiger partial charge < -0.3 is 29.4 Å². The van der Waals surface area contributed by atoms with Crippen LogP contribution >= 0.6 is 0 Å². The predicted molar refractivity (Wildman–Crippen MR) is 81.2 cm³/mol. The summed E-state index contributed by atoms with van der Waals surface area (Å²) in [5, 5.41) is 0. The zero-order valence-electron chi connectivity index (χ0n) is 12.9. The van der Waals surface area contributed by atoms with Gasteiger partial charge in [0.15, 0.2) is 0 Å². The van der Waals surface area contributed by atoms with Gasteiger partial charge in [0, 0.05) is 6.61 Å². The first-order valence-electron chi connectivity index (χ1n) is 7.44. The lowest BCUT2D eigenvalue weighted by atomic mass is 10.3. The first kappa shape index (κ1) is 20.3. The number of hydrogen-bond donors (Lipinski definition) is 1. The maximum atomic E-state index is 5.38. The molecule has 0 heterocycles. The summed E-state index contributed by atoms with van der Waals surface area (Å²) >= 11 is 0.